The van der Waals surface area contributed by atoms with Crippen LogP contribution in [0, 0.1) is 5.41 Å². The van der Waals surface area contributed by atoms with Crippen molar-refractivity contribution in [2.75, 3.05) is 0 Å². The van der Waals surface area contributed by atoms with Gasteiger partial charge in [-0.15, -0.1) is 0 Å². The van der Waals surface area contributed by atoms with E-state index in [1.807, 2.05) is 51.1 Å². The number of nitrogens with zero attached hydrogens (tertiary/aromatic N) is 1. The quantitative estimate of drug-likeness (QED) is 0.472. The molecule has 0 unspecified atom stereocenters. The van der Waals surface area contributed by atoms with E-state index in [9.17, 15) is 14.4 Å². The molecule has 2 aromatic rings. The third-order valence-corrected chi connectivity index (χ3v) is 6.32. The molecule has 7 nitrogen and oxygen atoms in total. The van der Waals surface area contributed by atoms with Crippen LogP contribution in [0.25, 0.3) is 0 Å². The molecule has 1 heterocycles. The summed E-state index contributed by atoms with van der Waals surface area (Å²) in [5, 5.41) is 12.1. The Morgan fingerprint density at radius 1 is 1.06 bits per heavy atom. The van der Waals surface area contributed by atoms with Gasteiger partial charge < -0.3 is 15.2 Å². The number of amides is 3. The molecule has 1 aliphatic heterocycles. The predicted octanol–water partition coefficient (Wildman–Crippen LogP) is 5.38. The molecule has 0 bridgehead atoms. The highest BCUT2D eigenvalue weighted by Gasteiger charge is 2.63. The molecule has 3 rings (SSSR count). The molecule has 176 valence electrons. The van der Waals surface area contributed by atoms with E-state index in [1.165, 1.54) is 17.0 Å². The van der Waals surface area contributed by atoms with Crippen molar-refractivity contribution in [2.45, 2.75) is 65.1 Å². The molecule has 33 heavy (non-hydrogen) atoms. The number of carboxylic acid groups (broad SMARTS) is 1. The molecule has 1 aliphatic rings. The lowest BCUT2D eigenvalue weighted by atomic mass is 9.70. The van der Waals surface area contributed by atoms with E-state index in [0.29, 0.717) is 18.6 Å². The SMILES string of the molecule is CCC[C@@H](NC(=O)N1C(=O)[C@@](CC)(CCC)[C@@H]1Oc1ccc(C(=O)O)cc1)c1ccccc1. The maximum Gasteiger partial charge on any atom is 0.335 e. The number of β-lactam (4-membered cyclic amide) rings is 1. The Morgan fingerprint density at radius 3 is 2.27 bits per heavy atom. The Balaban J connectivity index is 1.85. The number of benzene rings is 2. The first-order chi connectivity index (χ1) is 15.9. The Kier molecular flexibility index (Phi) is 7.74. The summed E-state index contributed by atoms with van der Waals surface area (Å²) in [5.41, 5.74) is 0.338. The summed E-state index contributed by atoms with van der Waals surface area (Å²) < 4.78 is 6.15. The van der Waals surface area contributed by atoms with E-state index in [1.54, 1.807) is 12.1 Å². The molecule has 1 fully saturated rings. The zero-order valence-corrected chi connectivity index (χ0v) is 19.4. The van der Waals surface area contributed by atoms with Crippen molar-refractivity contribution >= 4 is 17.9 Å². The van der Waals surface area contributed by atoms with Crippen LogP contribution in [-0.2, 0) is 4.79 Å². The number of urea groups is 1. The van der Waals surface area contributed by atoms with Gasteiger partial charge in [0.1, 0.15) is 11.2 Å². The Hall–Kier alpha value is -3.35. The molecule has 0 aliphatic carbocycles. The van der Waals surface area contributed by atoms with Crippen LogP contribution < -0.4 is 10.1 Å². The number of imide groups is 1. The topological polar surface area (TPSA) is 95.9 Å². The normalized spacial score (nSPS) is 20.6. The van der Waals surface area contributed by atoms with E-state index >= 15 is 0 Å². The Bertz CT molecular complexity index is 976. The Labute approximate surface area is 194 Å². The van der Waals surface area contributed by atoms with E-state index < -0.39 is 23.6 Å². The molecule has 2 aromatic carbocycles. The standard InChI is InChI=1S/C26H32N2O5/c1-4-10-21(18-11-8-7-9-12-18)27-25(32)28-23(31)26(6-3,17-5-2)24(28)33-20-15-13-19(14-16-20)22(29)30/h7-9,11-16,21,24H,4-6,10,17H2,1-3H3,(H,27,32)(H,29,30)/t21-,24+,26-/m1/s1. The van der Waals surface area contributed by atoms with Gasteiger partial charge in [0, 0.05) is 0 Å². The summed E-state index contributed by atoms with van der Waals surface area (Å²) in [6.07, 6.45) is 2.77. The maximum absolute atomic E-state index is 13.3. The molecule has 0 aromatic heterocycles. The molecular weight excluding hydrogens is 420 g/mol. The number of likely N-dealkylation sites (tertiary alicyclic amines) is 1. The van der Waals surface area contributed by atoms with Gasteiger partial charge in [-0.1, -0.05) is 63.9 Å². The van der Waals surface area contributed by atoms with Crippen molar-refractivity contribution < 1.29 is 24.2 Å². The van der Waals surface area contributed by atoms with Crippen LogP contribution >= 0.6 is 0 Å². The van der Waals surface area contributed by atoms with Crippen LogP contribution in [0.5, 0.6) is 5.75 Å². The molecule has 0 radical (unpaired) electrons. The second-order valence-corrected chi connectivity index (χ2v) is 8.44. The van der Waals surface area contributed by atoms with Gasteiger partial charge in [0.05, 0.1) is 11.6 Å². The molecular formula is C26H32N2O5. The van der Waals surface area contributed by atoms with Crippen LogP contribution in [0.2, 0.25) is 0 Å². The van der Waals surface area contributed by atoms with Crippen molar-refractivity contribution in [2.24, 2.45) is 5.41 Å². The molecule has 7 heteroatoms. The van der Waals surface area contributed by atoms with E-state index in [0.717, 1.165) is 24.8 Å². The highest BCUT2D eigenvalue weighted by molar-refractivity contribution is 6.03. The van der Waals surface area contributed by atoms with Crippen molar-refractivity contribution in [3.63, 3.8) is 0 Å². The fourth-order valence-electron chi connectivity index (χ4n) is 4.50. The lowest BCUT2D eigenvalue weighted by Crippen LogP contribution is -2.73. The Morgan fingerprint density at radius 2 is 1.73 bits per heavy atom. The number of aromatic carboxylic acids is 1. The average molecular weight is 453 g/mol. The minimum atomic E-state index is -1.03. The van der Waals surface area contributed by atoms with Crippen molar-refractivity contribution in [1.82, 2.24) is 10.2 Å². The number of carboxylic acids is 1. The van der Waals surface area contributed by atoms with Gasteiger partial charge in [-0.25, -0.2) is 14.5 Å². The first kappa shape index (κ1) is 24.3. The fraction of sp³-hybridized carbons (Fsp3) is 0.423. The van der Waals surface area contributed by atoms with Crippen molar-refractivity contribution in [3.05, 3.63) is 65.7 Å². The average Bonchev–Trinajstić information content (AvgIpc) is 2.82. The van der Waals surface area contributed by atoms with Gasteiger partial charge in [-0.05, 0) is 49.1 Å². The molecule has 3 atom stereocenters. The smallest absolute Gasteiger partial charge is 0.335 e. The minimum Gasteiger partial charge on any atom is -0.478 e. The van der Waals surface area contributed by atoms with E-state index in [4.69, 9.17) is 9.84 Å². The van der Waals surface area contributed by atoms with Crippen LogP contribution in [-0.4, -0.2) is 34.1 Å². The minimum absolute atomic E-state index is 0.141. The summed E-state index contributed by atoms with van der Waals surface area (Å²) in [6.45, 7) is 5.97. The number of ether oxygens (including phenoxy) is 1. The first-order valence-corrected chi connectivity index (χ1v) is 11.6. The van der Waals surface area contributed by atoms with Crippen LogP contribution in [0.15, 0.2) is 54.6 Å². The maximum atomic E-state index is 13.3. The summed E-state index contributed by atoms with van der Waals surface area (Å²) >= 11 is 0. The number of hydrogen-bond donors (Lipinski definition) is 2. The van der Waals surface area contributed by atoms with Crippen LogP contribution in [0.4, 0.5) is 4.79 Å². The van der Waals surface area contributed by atoms with Crippen molar-refractivity contribution in [1.29, 1.82) is 0 Å². The first-order valence-electron chi connectivity index (χ1n) is 11.6. The summed E-state index contributed by atoms with van der Waals surface area (Å²) in [7, 11) is 0. The molecule has 0 spiro atoms. The van der Waals surface area contributed by atoms with Crippen LogP contribution in [0.3, 0.4) is 0 Å². The van der Waals surface area contributed by atoms with E-state index in [2.05, 4.69) is 5.32 Å². The van der Waals surface area contributed by atoms with Gasteiger partial charge in [0.2, 0.25) is 5.91 Å². The predicted molar refractivity (Wildman–Crippen MR) is 125 cm³/mol. The number of rotatable bonds is 10. The number of nitrogens with one attached hydrogen (secondary N) is 1. The third kappa shape index (κ3) is 4.87. The van der Waals surface area contributed by atoms with Gasteiger partial charge >= 0.3 is 12.0 Å². The number of carbonyl (C=O) groups excluding carboxylic acids is 2. The van der Waals surface area contributed by atoms with Crippen LogP contribution in [0.1, 0.15) is 74.8 Å². The summed E-state index contributed by atoms with van der Waals surface area (Å²) in [6, 6.07) is 15.0. The summed E-state index contributed by atoms with van der Waals surface area (Å²) in [5.74, 6) is -0.852. The van der Waals surface area contributed by atoms with E-state index in [-0.39, 0.29) is 17.5 Å². The lowest BCUT2D eigenvalue weighted by molar-refractivity contribution is -0.191. The van der Waals surface area contributed by atoms with Gasteiger partial charge in [-0.3, -0.25) is 4.79 Å². The number of carbonyl (C=O) groups is 3. The fourth-order valence-corrected chi connectivity index (χ4v) is 4.50. The zero-order valence-electron chi connectivity index (χ0n) is 19.4. The second-order valence-electron chi connectivity index (χ2n) is 8.44. The lowest BCUT2D eigenvalue weighted by Gasteiger charge is -2.53. The summed E-state index contributed by atoms with van der Waals surface area (Å²) in [4.78, 5) is 38.9. The monoisotopic (exact) mass is 452 g/mol. The van der Waals surface area contributed by atoms with Gasteiger partial charge in [0.25, 0.3) is 0 Å². The molecule has 3 amide bonds. The highest BCUT2D eigenvalue weighted by atomic mass is 16.5. The molecule has 1 saturated heterocycles. The van der Waals surface area contributed by atoms with Gasteiger partial charge in [0.15, 0.2) is 6.23 Å². The largest absolute Gasteiger partial charge is 0.478 e. The molecule has 2 N–H and O–H groups in total. The molecule has 0 saturated carbocycles. The van der Waals surface area contributed by atoms with Crippen molar-refractivity contribution in [3.8, 4) is 5.75 Å². The van der Waals surface area contributed by atoms with Gasteiger partial charge in [-0.2, -0.15) is 0 Å². The zero-order chi connectivity index (χ0) is 24.0. The third-order valence-electron chi connectivity index (χ3n) is 6.32. The second kappa shape index (κ2) is 10.5. The highest BCUT2D eigenvalue weighted by Crippen LogP contribution is 2.47. The number of hydrogen-bond acceptors (Lipinski definition) is 4.